The first kappa shape index (κ1) is 14.0. The molecule has 0 saturated heterocycles. The first-order chi connectivity index (χ1) is 10.0. The molecule has 0 amide bonds. The van der Waals surface area contributed by atoms with Gasteiger partial charge >= 0.3 is 0 Å². The third-order valence-electron chi connectivity index (χ3n) is 2.82. The topological polar surface area (TPSA) is 99.9 Å². The van der Waals surface area contributed by atoms with Gasteiger partial charge in [0.1, 0.15) is 23.1 Å². The number of hydrogen-bond donors (Lipinski definition) is 0. The molecular formula is C15H9N3O3. The van der Waals surface area contributed by atoms with Crippen LogP contribution in [0.4, 0.5) is 5.69 Å². The lowest BCUT2D eigenvalue weighted by Gasteiger charge is -2.10. The minimum Gasteiger partial charge on any atom is -0.456 e. The highest BCUT2D eigenvalue weighted by Gasteiger charge is 2.13. The number of nitrogens with zero attached hydrogens (tertiary/aromatic N) is 3. The van der Waals surface area contributed by atoms with E-state index in [9.17, 15) is 10.1 Å². The Morgan fingerprint density at radius 1 is 1.10 bits per heavy atom. The lowest BCUT2D eigenvalue weighted by molar-refractivity contribution is -0.384. The summed E-state index contributed by atoms with van der Waals surface area (Å²) in [6, 6.07) is 12.6. The number of ether oxygens (including phenoxy) is 1. The summed E-state index contributed by atoms with van der Waals surface area (Å²) < 4.78 is 5.61. The fraction of sp³-hybridized carbons (Fsp3) is 0.0667. The maximum Gasteiger partial charge on any atom is 0.271 e. The molecule has 2 rings (SSSR count). The van der Waals surface area contributed by atoms with Gasteiger partial charge in [-0.3, -0.25) is 10.1 Å². The van der Waals surface area contributed by atoms with Crippen molar-refractivity contribution in [1.29, 1.82) is 10.5 Å². The molecular weight excluding hydrogens is 270 g/mol. The molecule has 102 valence electrons. The van der Waals surface area contributed by atoms with Crippen LogP contribution >= 0.6 is 0 Å². The molecule has 0 bridgehead atoms. The molecule has 0 fully saturated rings. The molecule has 0 aliphatic rings. The Bertz CT molecular complexity index is 801. The van der Waals surface area contributed by atoms with Gasteiger partial charge in [0.25, 0.3) is 5.69 Å². The Labute approximate surface area is 120 Å². The minimum absolute atomic E-state index is 0.0768. The van der Waals surface area contributed by atoms with E-state index in [0.29, 0.717) is 11.3 Å². The van der Waals surface area contributed by atoms with Gasteiger partial charge < -0.3 is 4.74 Å². The van der Waals surface area contributed by atoms with Crippen molar-refractivity contribution in [3.05, 3.63) is 63.2 Å². The molecule has 0 spiro atoms. The lowest BCUT2D eigenvalue weighted by atomic mass is 10.1. The highest BCUT2D eigenvalue weighted by molar-refractivity contribution is 5.52. The highest BCUT2D eigenvalue weighted by atomic mass is 16.6. The summed E-state index contributed by atoms with van der Waals surface area (Å²) >= 11 is 0. The molecule has 2 aromatic carbocycles. The van der Waals surface area contributed by atoms with Crippen molar-refractivity contribution in [2.75, 3.05) is 0 Å². The summed E-state index contributed by atoms with van der Waals surface area (Å²) in [5.74, 6) is 0.718. The number of aryl methyl sites for hydroxylation is 1. The Kier molecular flexibility index (Phi) is 3.83. The van der Waals surface area contributed by atoms with Gasteiger partial charge in [-0.15, -0.1) is 0 Å². The van der Waals surface area contributed by atoms with Crippen LogP contribution in [0, 0.1) is 39.7 Å². The second-order valence-electron chi connectivity index (χ2n) is 4.24. The Morgan fingerprint density at radius 2 is 1.81 bits per heavy atom. The average molecular weight is 279 g/mol. The smallest absolute Gasteiger partial charge is 0.271 e. The van der Waals surface area contributed by atoms with Gasteiger partial charge in [0.15, 0.2) is 0 Å². The van der Waals surface area contributed by atoms with E-state index in [-0.39, 0.29) is 17.0 Å². The van der Waals surface area contributed by atoms with Crippen LogP contribution in [0.5, 0.6) is 11.5 Å². The van der Waals surface area contributed by atoms with Gasteiger partial charge in [-0.05, 0) is 36.8 Å². The second kappa shape index (κ2) is 5.72. The van der Waals surface area contributed by atoms with E-state index in [1.165, 1.54) is 12.1 Å². The molecule has 2 aromatic rings. The Hall–Kier alpha value is -3.38. The van der Waals surface area contributed by atoms with Gasteiger partial charge in [0.2, 0.25) is 0 Å². The van der Waals surface area contributed by atoms with Gasteiger partial charge in [-0.25, -0.2) is 0 Å². The van der Waals surface area contributed by atoms with Crippen LogP contribution in [0.15, 0.2) is 36.4 Å². The third kappa shape index (κ3) is 2.96. The first-order valence-corrected chi connectivity index (χ1v) is 5.92. The number of benzene rings is 2. The zero-order valence-electron chi connectivity index (χ0n) is 11.0. The van der Waals surface area contributed by atoms with Gasteiger partial charge in [0.05, 0.1) is 16.6 Å². The van der Waals surface area contributed by atoms with E-state index in [4.69, 9.17) is 15.3 Å². The van der Waals surface area contributed by atoms with E-state index < -0.39 is 4.92 Å². The number of non-ortho nitro benzene ring substituents is 1. The molecule has 21 heavy (non-hydrogen) atoms. The normalized spacial score (nSPS) is 9.48. The minimum atomic E-state index is -0.572. The van der Waals surface area contributed by atoms with Crippen molar-refractivity contribution in [3.63, 3.8) is 0 Å². The summed E-state index contributed by atoms with van der Waals surface area (Å²) in [6.07, 6.45) is 0. The maximum absolute atomic E-state index is 10.7. The summed E-state index contributed by atoms with van der Waals surface area (Å²) in [7, 11) is 0. The van der Waals surface area contributed by atoms with Crippen LogP contribution in [-0.2, 0) is 0 Å². The molecule has 0 saturated carbocycles. The fourth-order valence-electron chi connectivity index (χ4n) is 1.76. The summed E-state index contributed by atoms with van der Waals surface area (Å²) in [4.78, 5) is 10.1. The van der Waals surface area contributed by atoms with Crippen LogP contribution in [0.1, 0.15) is 16.7 Å². The van der Waals surface area contributed by atoms with Crippen molar-refractivity contribution in [2.24, 2.45) is 0 Å². The third-order valence-corrected chi connectivity index (χ3v) is 2.82. The molecule has 0 N–H and O–H groups in total. The fourth-order valence-corrected chi connectivity index (χ4v) is 1.76. The van der Waals surface area contributed by atoms with Gasteiger partial charge in [-0.2, -0.15) is 10.5 Å². The van der Waals surface area contributed by atoms with Gasteiger partial charge in [0, 0.05) is 12.1 Å². The molecule has 6 heteroatoms. The predicted octanol–water partition coefficient (Wildman–Crippen LogP) is 3.44. The van der Waals surface area contributed by atoms with Crippen LogP contribution in [0.3, 0.4) is 0 Å². The molecule has 0 radical (unpaired) electrons. The molecule has 0 atom stereocenters. The zero-order valence-corrected chi connectivity index (χ0v) is 11.0. The van der Waals surface area contributed by atoms with Crippen LogP contribution in [0.2, 0.25) is 0 Å². The van der Waals surface area contributed by atoms with E-state index in [1.807, 2.05) is 12.1 Å². The highest BCUT2D eigenvalue weighted by Crippen LogP contribution is 2.30. The van der Waals surface area contributed by atoms with Crippen LogP contribution < -0.4 is 4.74 Å². The number of hydrogen-bond acceptors (Lipinski definition) is 5. The van der Waals surface area contributed by atoms with E-state index >= 15 is 0 Å². The van der Waals surface area contributed by atoms with Crippen molar-refractivity contribution in [1.82, 2.24) is 0 Å². The molecule has 6 nitrogen and oxygen atoms in total. The molecule has 0 aliphatic carbocycles. The van der Waals surface area contributed by atoms with Crippen molar-refractivity contribution in [2.45, 2.75) is 6.92 Å². The van der Waals surface area contributed by atoms with Gasteiger partial charge in [-0.1, -0.05) is 0 Å². The Balaban J connectivity index is 2.38. The number of nitro benzene ring substituents is 1. The molecule has 0 aromatic heterocycles. The average Bonchev–Trinajstić information content (AvgIpc) is 2.49. The first-order valence-electron chi connectivity index (χ1n) is 5.92. The van der Waals surface area contributed by atoms with Crippen LogP contribution in [-0.4, -0.2) is 4.92 Å². The number of nitro groups is 1. The second-order valence-corrected chi connectivity index (χ2v) is 4.24. The van der Waals surface area contributed by atoms with Crippen molar-refractivity contribution >= 4 is 5.69 Å². The van der Waals surface area contributed by atoms with E-state index in [0.717, 1.165) is 11.6 Å². The largest absolute Gasteiger partial charge is 0.456 e. The van der Waals surface area contributed by atoms with Crippen molar-refractivity contribution < 1.29 is 9.66 Å². The monoisotopic (exact) mass is 279 g/mol. The lowest BCUT2D eigenvalue weighted by Crippen LogP contribution is -1.94. The van der Waals surface area contributed by atoms with Crippen molar-refractivity contribution in [3.8, 4) is 23.6 Å². The predicted molar refractivity (Wildman–Crippen MR) is 73.8 cm³/mol. The quantitative estimate of drug-likeness (QED) is 0.632. The number of nitriles is 2. The van der Waals surface area contributed by atoms with Crippen LogP contribution in [0.25, 0.3) is 0 Å². The zero-order chi connectivity index (χ0) is 15.4. The molecule has 0 aliphatic heterocycles. The SMILES string of the molecule is Cc1cc(C#N)ccc1Oc1ccc([N+](=O)[O-])cc1C#N. The maximum atomic E-state index is 10.7. The van der Waals surface area contributed by atoms with E-state index in [1.54, 1.807) is 25.1 Å². The Morgan fingerprint density at radius 3 is 2.38 bits per heavy atom. The van der Waals surface area contributed by atoms with E-state index in [2.05, 4.69) is 0 Å². The molecule has 0 heterocycles. The number of rotatable bonds is 3. The molecule has 0 unspecified atom stereocenters. The summed E-state index contributed by atoms with van der Waals surface area (Å²) in [5.41, 5.74) is 1.14. The summed E-state index contributed by atoms with van der Waals surface area (Å²) in [6.45, 7) is 1.77. The summed E-state index contributed by atoms with van der Waals surface area (Å²) in [5, 5.41) is 28.6. The standard InChI is InChI=1S/C15H9N3O3/c1-10-6-11(8-16)2-4-14(10)21-15-5-3-13(18(19)20)7-12(15)9-17/h2-7H,1H3.